The largest absolute Gasteiger partial charge is 0.392 e. The van der Waals surface area contributed by atoms with Crippen molar-refractivity contribution < 1.29 is 5.11 Å². The zero-order valence-corrected chi connectivity index (χ0v) is 11.3. The van der Waals surface area contributed by atoms with E-state index < -0.39 is 0 Å². The van der Waals surface area contributed by atoms with Crippen molar-refractivity contribution >= 4 is 21.6 Å². The molecule has 0 amide bonds. The van der Waals surface area contributed by atoms with Gasteiger partial charge in [0.2, 0.25) is 0 Å². The van der Waals surface area contributed by atoms with Gasteiger partial charge in [-0.3, -0.25) is 4.98 Å². The van der Waals surface area contributed by atoms with Crippen molar-refractivity contribution in [1.29, 1.82) is 0 Å². The van der Waals surface area contributed by atoms with Crippen LogP contribution >= 0.6 is 15.9 Å². The molecule has 1 aliphatic heterocycles. The minimum atomic E-state index is -0.0832. The Morgan fingerprint density at radius 1 is 1.24 bits per heavy atom. The highest BCUT2D eigenvalue weighted by atomic mass is 79.9. The van der Waals surface area contributed by atoms with E-state index in [2.05, 4.69) is 31.9 Å². The van der Waals surface area contributed by atoms with Gasteiger partial charge in [0.25, 0.3) is 0 Å². The molecule has 17 heavy (non-hydrogen) atoms. The lowest BCUT2D eigenvalue weighted by molar-refractivity contribution is 0.00597. The van der Waals surface area contributed by atoms with E-state index in [1.54, 1.807) is 0 Å². The smallest absolute Gasteiger partial charge is 0.0630 e. The molecule has 1 aliphatic carbocycles. The molecule has 1 N–H and O–H groups in total. The van der Waals surface area contributed by atoms with Crippen LogP contribution in [0.5, 0.6) is 0 Å². The molecule has 2 bridgehead atoms. The number of aliphatic hydroxyl groups excluding tert-OH is 1. The van der Waals surface area contributed by atoms with Gasteiger partial charge in [-0.05, 0) is 34.8 Å². The fourth-order valence-electron chi connectivity index (χ4n) is 3.19. The lowest BCUT2D eigenvalue weighted by Crippen LogP contribution is -2.51. The Balaban J connectivity index is 1.82. The normalized spacial score (nSPS) is 32.6. The third kappa shape index (κ3) is 2.20. The number of pyridine rings is 1. The van der Waals surface area contributed by atoms with Gasteiger partial charge >= 0.3 is 0 Å². The fourth-order valence-corrected chi connectivity index (χ4v) is 3.55. The van der Waals surface area contributed by atoms with Gasteiger partial charge in [0.05, 0.1) is 18.0 Å². The second kappa shape index (κ2) is 4.58. The van der Waals surface area contributed by atoms with Gasteiger partial charge in [0.1, 0.15) is 0 Å². The van der Waals surface area contributed by atoms with Crippen LogP contribution in [0.25, 0.3) is 0 Å². The summed E-state index contributed by atoms with van der Waals surface area (Å²) in [5.41, 5.74) is 1.17. The quantitative estimate of drug-likeness (QED) is 0.865. The van der Waals surface area contributed by atoms with Crippen LogP contribution < -0.4 is 4.90 Å². The van der Waals surface area contributed by atoms with Gasteiger partial charge in [0, 0.05) is 35.6 Å². The number of anilines is 1. The first-order chi connectivity index (χ1) is 8.24. The number of fused-ring (bicyclic) bond motifs is 2. The van der Waals surface area contributed by atoms with Crippen molar-refractivity contribution in [2.45, 2.75) is 25.4 Å². The van der Waals surface area contributed by atoms with Gasteiger partial charge in [-0.25, -0.2) is 0 Å². The number of halogens is 1. The molecule has 2 aliphatic rings. The fraction of sp³-hybridized carbons (Fsp3) is 0.615. The molecule has 2 fully saturated rings. The summed E-state index contributed by atoms with van der Waals surface area (Å²) >= 11 is 3.46. The molecule has 92 valence electrons. The lowest BCUT2D eigenvalue weighted by Gasteiger charge is -2.45. The van der Waals surface area contributed by atoms with Crippen LogP contribution in [0.1, 0.15) is 19.3 Å². The van der Waals surface area contributed by atoms with E-state index in [-0.39, 0.29) is 6.10 Å². The first-order valence-corrected chi connectivity index (χ1v) is 7.07. The number of nitrogens with zero attached hydrogens (tertiary/aromatic N) is 2. The van der Waals surface area contributed by atoms with Crippen LogP contribution in [0.3, 0.4) is 0 Å². The SMILES string of the molecule is OC1C2CCCC1CN(c1cncc(Br)c1)C2. The molecule has 1 saturated heterocycles. The summed E-state index contributed by atoms with van der Waals surface area (Å²) in [6, 6.07) is 2.11. The van der Waals surface area contributed by atoms with E-state index in [0.717, 1.165) is 30.4 Å². The zero-order chi connectivity index (χ0) is 11.8. The van der Waals surface area contributed by atoms with E-state index in [0.29, 0.717) is 11.8 Å². The molecule has 2 heterocycles. The summed E-state index contributed by atoms with van der Waals surface area (Å²) in [5, 5.41) is 10.2. The molecule has 2 unspecified atom stereocenters. The lowest BCUT2D eigenvalue weighted by atomic mass is 9.75. The maximum Gasteiger partial charge on any atom is 0.0630 e. The Hall–Kier alpha value is -0.610. The van der Waals surface area contributed by atoms with Crippen LogP contribution in [-0.4, -0.2) is 29.3 Å². The molecule has 0 aromatic carbocycles. The standard InChI is InChI=1S/C13H17BrN2O/c14-11-4-12(6-15-5-11)16-7-9-2-1-3-10(8-16)13(9)17/h4-6,9-10,13,17H,1-3,7-8H2. The minimum Gasteiger partial charge on any atom is -0.392 e. The predicted molar refractivity (Wildman–Crippen MR) is 71.0 cm³/mol. The van der Waals surface area contributed by atoms with Crippen molar-refractivity contribution in [3.05, 3.63) is 22.9 Å². The highest BCUT2D eigenvalue weighted by Crippen LogP contribution is 2.36. The second-order valence-corrected chi connectivity index (χ2v) is 6.12. The third-order valence-corrected chi connectivity index (χ3v) is 4.51. The maximum absolute atomic E-state index is 10.2. The van der Waals surface area contributed by atoms with Crippen molar-refractivity contribution in [1.82, 2.24) is 4.98 Å². The van der Waals surface area contributed by atoms with Crippen molar-refractivity contribution in [3.63, 3.8) is 0 Å². The van der Waals surface area contributed by atoms with Gasteiger partial charge in [-0.15, -0.1) is 0 Å². The van der Waals surface area contributed by atoms with Crippen molar-refractivity contribution in [2.75, 3.05) is 18.0 Å². The Labute approximate surface area is 110 Å². The van der Waals surface area contributed by atoms with Crippen LogP contribution in [-0.2, 0) is 0 Å². The Kier molecular flexibility index (Phi) is 3.09. The van der Waals surface area contributed by atoms with E-state index in [9.17, 15) is 5.11 Å². The summed E-state index contributed by atoms with van der Waals surface area (Å²) < 4.78 is 1.02. The molecule has 3 rings (SSSR count). The molecule has 1 aromatic rings. The number of rotatable bonds is 1. The van der Waals surface area contributed by atoms with Crippen molar-refractivity contribution in [3.8, 4) is 0 Å². The molecule has 4 heteroatoms. The van der Waals surface area contributed by atoms with E-state index in [1.165, 1.54) is 12.1 Å². The first-order valence-electron chi connectivity index (χ1n) is 6.27. The van der Waals surface area contributed by atoms with Crippen LogP contribution in [0.4, 0.5) is 5.69 Å². The monoisotopic (exact) mass is 296 g/mol. The van der Waals surface area contributed by atoms with E-state index in [1.807, 2.05) is 12.4 Å². The average Bonchev–Trinajstić information content (AvgIpc) is 2.28. The number of aromatic nitrogens is 1. The predicted octanol–water partition coefficient (Wildman–Crippen LogP) is 2.44. The molecular formula is C13H17BrN2O. The first kappa shape index (κ1) is 11.5. The van der Waals surface area contributed by atoms with E-state index in [4.69, 9.17) is 0 Å². The second-order valence-electron chi connectivity index (χ2n) is 5.21. The summed E-state index contributed by atoms with van der Waals surface area (Å²) in [6.07, 6.45) is 7.24. The van der Waals surface area contributed by atoms with Crippen LogP contribution in [0.15, 0.2) is 22.9 Å². The zero-order valence-electron chi connectivity index (χ0n) is 9.72. The van der Waals surface area contributed by atoms with Crippen molar-refractivity contribution in [2.24, 2.45) is 11.8 Å². The molecule has 1 saturated carbocycles. The Morgan fingerprint density at radius 3 is 2.59 bits per heavy atom. The number of hydrogen-bond donors (Lipinski definition) is 1. The molecule has 0 spiro atoms. The average molecular weight is 297 g/mol. The van der Waals surface area contributed by atoms with Crippen LogP contribution in [0.2, 0.25) is 0 Å². The maximum atomic E-state index is 10.2. The van der Waals surface area contributed by atoms with Gasteiger partial charge in [0.15, 0.2) is 0 Å². The number of hydrogen-bond acceptors (Lipinski definition) is 3. The van der Waals surface area contributed by atoms with Gasteiger partial charge < -0.3 is 10.0 Å². The highest BCUT2D eigenvalue weighted by molar-refractivity contribution is 9.10. The summed E-state index contributed by atoms with van der Waals surface area (Å²) in [6.45, 7) is 1.94. The van der Waals surface area contributed by atoms with E-state index >= 15 is 0 Å². The Bertz CT molecular complexity index is 398. The molecule has 0 radical (unpaired) electrons. The minimum absolute atomic E-state index is 0.0832. The molecule has 1 aromatic heterocycles. The molecule has 2 atom stereocenters. The van der Waals surface area contributed by atoms with Gasteiger partial charge in [-0.1, -0.05) is 6.42 Å². The summed E-state index contributed by atoms with van der Waals surface area (Å²) in [5.74, 6) is 0.892. The van der Waals surface area contributed by atoms with Crippen LogP contribution in [0, 0.1) is 11.8 Å². The molecule has 3 nitrogen and oxygen atoms in total. The number of piperidine rings is 1. The third-order valence-electron chi connectivity index (χ3n) is 4.08. The summed E-state index contributed by atoms with van der Waals surface area (Å²) in [7, 11) is 0. The Morgan fingerprint density at radius 2 is 1.94 bits per heavy atom. The highest BCUT2D eigenvalue weighted by Gasteiger charge is 2.38. The topological polar surface area (TPSA) is 36.4 Å². The summed E-state index contributed by atoms with van der Waals surface area (Å²) in [4.78, 5) is 6.60. The molecular weight excluding hydrogens is 280 g/mol. The van der Waals surface area contributed by atoms with Gasteiger partial charge in [-0.2, -0.15) is 0 Å². The number of aliphatic hydroxyl groups is 1.